The number of ether oxygens (including phenoxy) is 3. The highest BCUT2D eigenvalue weighted by Gasteiger charge is 2.32. The molecule has 0 saturated carbocycles. The zero-order valence-electron chi connectivity index (χ0n) is 23.0. The molecule has 2 amide bonds. The Labute approximate surface area is 228 Å². The van der Waals surface area contributed by atoms with Crippen molar-refractivity contribution in [1.82, 2.24) is 16.1 Å². The Hall–Kier alpha value is -4.25. The standard InChI is InChI=1S/C28H37N5O6/c1-6-33(7-2)21-12-9-19(10-13-21)16-29-32-24(34)17-39-22-14-11-20(15-23(22)38-8-3)26-25(27(35)37-5)18(4)30-28(36)31-26/h9-16,24,26,32,34H,6-8,17H2,1-5H3,(H2,30,31,36)/b29-16-/t24-,26+/m0/s1. The number of nitrogens with one attached hydrogen (secondary N) is 3. The number of allylic oxidation sites excluding steroid dienone is 1. The molecule has 0 fully saturated rings. The summed E-state index contributed by atoms with van der Waals surface area (Å²) in [4.78, 5) is 26.7. The van der Waals surface area contributed by atoms with E-state index < -0.39 is 24.3 Å². The summed E-state index contributed by atoms with van der Waals surface area (Å²) in [5.74, 6) is 0.226. The summed E-state index contributed by atoms with van der Waals surface area (Å²) in [5, 5.41) is 19.8. The van der Waals surface area contributed by atoms with Crippen molar-refractivity contribution in [2.24, 2.45) is 5.10 Å². The number of rotatable bonds is 13. The van der Waals surface area contributed by atoms with E-state index in [-0.39, 0.29) is 12.2 Å². The highest BCUT2D eigenvalue weighted by molar-refractivity contribution is 5.95. The normalized spacial score (nSPS) is 15.8. The lowest BCUT2D eigenvalue weighted by atomic mass is 9.95. The molecule has 210 valence electrons. The van der Waals surface area contributed by atoms with E-state index in [9.17, 15) is 14.7 Å². The minimum atomic E-state index is -1.08. The summed E-state index contributed by atoms with van der Waals surface area (Å²) in [6, 6.07) is 11.9. The number of amides is 2. The number of methoxy groups -OCH3 is 1. The Morgan fingerprint density at radius 3 is 2.49 bits per heavy atom. The van der Waals surface area contributed by atoms with E-state index >= 15 is 0 Å². The molecule has 39 heavy (non-hydrogen) atoms. The van der Waals surface area contributed by atoms with Crippen LogP contribution in [0.3, 0.4) is 0 Å². The van der Waals surface area contributed by atoms with Crippen molar-refractivity contribution in [3.63, 3.8) is 0 Å². The number of hydrogen-bond acceptors (Lipinski definition) is 9. The van der Waals surface area contributed by atoms with Gasteiger partial charge in [-0.05, 0) is 63.1 Å². The fourth-order valence-electron chi connectivity index (χ4n) is 4.18. The van der Waals surface area contributed by atoms with Gasteiger partial charge in [-0.1, -0.05) is 18.2 Å². The maximum absolute atomic E-state index is 12.4. The fraction of sp³-hybridized carbons (Fsp3) is 0.393. The van der Waals surface area contributed by atoms with Crippen LogP contribution < -0.4 is 30.4 Å². The zero-order chi connectivity index (χ0) is 28.4. The van der Waals surface area contributed by atoms with E-state index in [1.165, 1.54) is 7.11 Å². The van der Waals surface area contributed by atoms with E-state index in [0.29, 0.717) is 29.4 Å². The summed E-state index contributed by atoms with van der Waals surface area (Å²) in [6.45, 7) is 9.82. The molecular weight excluding hydrogens is 502 g/mol. The van der Waals surface area contributed by atoms with Gasteiger partial charge in [-0.2, -0.15) is 5.10 Å². The smallest absolute Gasteiger partial charge is 0.337 e. The van der Waals surface area contributed by atoms with Crippen LogP contribution in [0.25, 0.3) is 0 Å². The largest absolute Gasteiger partial charge is 0.490 e. The molecule has 0 saturated heterocycles. The Morgan fingerprint density at radius 1 is 1.13 bits per heavy atom. The van der Waals surface area contributed by atoms with Gasteiger partial charge in [0.05, 0.1) is 31.5 Å². The number of anilines is 1. The number of benzene rings is 2. The third-order valence-electron chi connectivity index (χ3n) is 6.13. The van der Waals surface area contributed by atoms with Gasteiger partial charge >= 0.3 is 12.0 Å². The molecule has 1 aliphatic heterocycles. The average Bonchev–Trinajstić information content (AvgIpc) is 2.93. The van der Waals surface area contributed by atoms with Crippen LogP contribution >= 0.6 is 0 Å². The molecule has 2 aromatic rings. The predicted molar refractivity (Wildman–Crippen MR) is 149 cm³/mol. The zero-order valence-corrected chi connectivity index (χ0v) is 23.0. The number of urea groups is 1. The van der Waals surface area contributed by atoms with E-state index in [1.54, 1.807) is 31.3 Å². The van der Waals surface area contributed by atoms with Gasteiger partial charge in [-0.25, -0.2) is 9.59 Å². The number of carbonyl (C=O) groups excluding carboxylic acids is 2. The molecule has 11 heteroatoms. The first-order valence-electron chi connectivity index (χ1n) is 12.9. The summed E-state index contributed by atoms with van der Waals surface area (Å²) in [6.07, 6.45) is 0.544. The number of aliphatic hydroxyl groups is 1. The van der Waals surface area contributed by atoms with Crippen molar-refractivity contribution in [2.75, 3.05) is 38.3 Å². The maximum Gasteiger partial charge on any atom is 0.337 e. The van der Waals surface area contributed by atoms with Crippen LogP contribution in [0.5, 0.6) is 11.5 Å². The summed E-state index contributed by atoms with van der Waals surface area (Å²) < 4.78 is 16.4. The molecule has 11 nitrogen and oxygen atoms in total. The van der Waals surface area contributed by atoms with Gasteiger partial charge in [0.2, 0.25) is 0 Å². The first-order valence-corrected chi connectivity index (χ1v) is 12.9. The number of hydrazone groups is 1. The first kappa shape index (κ1) is 29.3. The molecule has 4 N–H and O–H groups in total. The Bertz CT molecular complexity index is 1190. The highest BCUT2D eigenvalue weighted by atomic mass is 16.5. The van der Waals surface area contributed by atoms with Crippen molar-refractivity contribution >= 4 is 23.9 Å². The van der Waals surface area contributed by atoms with Crippen LogP contribution in [0.4, 0.5) is 10.5 Å². The van der Waals surface area contributed by atoms with Gasteiger partial charge in [0.15, 0.2) is 17.7 Å². The van der Waals surface area contributed by atoms with Crippen molar-refractivity contribution in [1.29, 1.82) is 0 Å². The maximum atomic E-state index is 12.4. The van der Waals surface area contributed by atoms with Gasteiger partial charge in [-0.15, -0.1) is 0 Å². The van der Waals surface area contributed by atoms with Gasteiger partial charge in [0.25, 0.3) is 0 Å². The van der Waals surface area contributed by atoms with Crippen molar-refractivity contribution in [3.05, 3.63) is 64.9 Å². The third kappa shape index (κ3) is 7.64. The summed E-state index contributed by atoms with van der Waals surface area (Å²) >= 11 is 0. The van der Waals surface area contributed by atoms with E-state index in [2.05, 4.69) is 39.9 Å². The van der Waals surface area contributed by atoms with Crippen molar-refractivity contribution < 1.29 is 28.9 Å². The minimum Gasteiger partial charge on any atom is -0.490 e. The van der Waals surface area contributed by atoms with E-state index in [4.69, 9.17) is 14.2 Å². The van der Waals surface area contributed by atoms with Gasteiger partial charge in [0.1, 0.15) is 6.61 Å². The van der Waals surface area contributed by atoms with Crippen LogP contribution in [-0.2, 0) is 9.53 Å². The van der Waals surface area contributed by atoms with Crippen LogP contribution in [-0.4, -0.2) is 63.0 Å². The lowest BCUT2D eigenvalue weighted by molar-refractivity contribution is -0.136. The number of esters is 1. The SMILES string of the molecule is CCOc1cc([C@H]2NC(=O)NC(C)=C2C(=O)OC)ccc1OC[C@H](O)N/N=C\c1ccc(N(CC)CC)cc1. The molecular formula is C28H37N5O6. The number of nitrogens with zero attached hydrogens (tertiary/aromatic N) is 2. The Morgan fingerprint density at radius 2 is 1.85 bits per heavy atom. The lowest BCUT2D eigenvalue weighted by Crippen LogP contribution is -2.45. The van der Waals surface area contributed by atoms with Crippen LogP contribution in [0, 0.1) is 0 Å². The molecule has 0 radical (unpaired) electrons. The van der Waals surface area contributed by atoms with Crippen LogP contribution in [0.15, 0.2) is 58.8 Å². The molecule has 0 bridgehead atoms. The molecule has 0 spiro atoms. The Kier molecular flexibility index (Phi) is 10.6. The van der Waals surface area contributed by atoms with E-state index in [1.807, 2.05) is 31.2 Å². The van der Waals surface area contributed by atoms with E-state index in [0.717, 1.165) is 24.3 Å². The second kappa shape index (κ2) is 14.1. The highest BCUT2D eigenvalue weighted by Crippen LogP contribution is 2.34. The fourth-order valence-corrected chi connectivity index (χ4v) is 4.18. The number of carbonyl (C=O) groups is 2. The number of aliphatic hydroxyl groups excluding tert-OH is 1. The summed E-state index contributed by atoms with van der Waals surface area (Å²) in [5.41, 5.74) is 5.98. The van der Waals surface area contributed by atoms with Crippen LogP contribution in [0.2, 0.25) is 0 Å². The molecule has 2 atom stereocenters. The van der Waals surface area contributed by atoms with Crippen molar-refractivity contribution in [2.45, 2.75) is 40.0 Å². The second-order valence-electron chi connectivity index (χ2n) is 8.68. The molecule has 1 heterocycles. The van der Waals surface area contributed by atoms with Gasteiger partial charge in [-0.3, -0.25) is 5.43 Å². The monoisotopic (exact) mass is 539 g/mol. The third-order valence-corrected chi connectivity index (χ3v) is 6.13. The summed E-state index contributed by atoms with van der Waals surface area (Å²) in [7, 11) is 1.28. The predicted octanol–water partition coefficient (Wildman–Crippen LogP) is 3.05. The molecule has 3 rings (SSSR count). The number of hydrogen-bond donors (Lipinski definition) is 4. The molecule has 0 unspecified atom stereocenters. The quantitative estimate of drug-likeness (QED) is 0.132. The van der Waals surface area contributed by atoms with Gasteiger partial charge in [0, 0.05) is 24.5 Å². The van der Waals surface area contributed by atoms with Crippen molar-refractivity contribution in [3.8, 4) is 11.5 Å². The molecule has 0 aliphatic carbocycles. The Balaban J connectivity index is 1.65. The molecule has 1 aliphatic rings. The average molecular weight is 540 g/mol. The second-order valence-corrected chi connectivity index (χ2v) is 8.68. The van der Waals surface area contributed by atoms with Crippen LogP contribution in [0.1, 0.15) is 44.9 Å². The minimum absolute atomic E-state index is 0.103. The van der Waals surface area contributed by atoms with Gasteiger partial charge < -0.3 is 34.9 Å². The molecule has 0 aromatic heterocycles. The topological polar surface area (TPSA) is 134 Å². The lowest BCUT2D eigenvalue weighted by Gasteiger charge is -2.28. The first-order chi connectivity index (χ1) is 18.8. The molecule has 2 aromatic carbocycles.